The van der Waals surface area contributed by atoms with Gasteiger partial charge in [0.1, 0.15) is 13.2 Å². The van der Waals surface area contributed by atoms with Gasteiger partial charge in [-0.05, 0) is 24.3 Å². The van der Waals surface area contributed by atoms with E-state index < -0.39 is 0 Å². The summed E-state index contributed by atoms with van der Waals surface area (Å²) in [6.07, 6.45) is 0. The van der Waals surface area contributed by atoms with E-state index in [1.165, 1.54) is 0 Å². The number of benzene rings is 2. The third kappa shape index (κ3) is 4.45. The predicted octanol–water partition coefficient (Wildman–Crippen LogP) is 3.07. The molecule has 2 aromatic rings. The fraction of sp³-hybridized carbons (Fsp3) is 0.143. The second kappa shape index (κ2) is 7.32. The molecule has 0 saturated carbocycles. The number of anilines is 2. The highest BCUT2D eigenvalue weighted by atomic mass is 16.7. The summed E-state index contributed by atoms with van der Waals surface area (Å²) in [5, 5.41) is 0. The molecule has 0 bridgehead atoms. The monoisotopic (exact) mass is 244 g/mol. The van der Waals surface area contributed by atoms with Crippen molar-refractivity contribution in [3.05, 3.63) is 60.7 Å². The highest BCUT2D eigenvalue weighted by Crippen LogP contribution is 2.05. The Morgan fingerprint density at radius 3 is 1.39 bits per heavy atom. The fourth-order valence-corrected chi connectivity index (χ4v) is 1.36. The van der Waals surface area contributed by atoms with Gasteiger partial charge in [-0.15, -0.1) is 0 Å². The zero-order valence-corrected chi connectivity index (χ0v) is 10.0. The van der Waals surface area contributed by atoms with Crippen LogP contribution in [0.25, 0.3) is 0 Å². The number of nitrogens with one attached hydrogen (secondary N) is 2. The first-order chi connectivity index (χ1) is 8.95. The van der Waals surface area contributed by atoms with Crippen LogP contribution in [0, 0.1) is 0 Å². The summed E-state index contributed by atoms with van der Waals surface area (Å²) in [7, 11) is 0. The minimum Gasteiger partial charge on any atom is -0.274 e. The number of hydrogen-bond acceptors (Lipinski definition) is 4. The molecule has 0 fully saturated rings. The van der Waals surface area contributed by atoms with Crippen LogP contribution in [0.2, 0.25) is 0 Å². The van der Waals surface area contributed by atoms with Gasteiger partial charge in [0.2, 0.25) is 0 Å². The Hall–Kier alpha value is -2.04. The Labute approximate surface area is 106 Å². The number of hydrogen-bond donors (Lipinski definition) is 2. The first kappa shape index (κ1) is 12.4. The van der Waals surface area contributed by atoms with Crippen molar-refractivity contribution in [3.63, 3.8) is 0 Å². The van der Waals surface area contributed by atoms with E-state index in [1.54, 1.807) is 0 Å². The standard InChI is InChI=1S/C14H16N2O2/c1-3-7-13(8-4-1)15-17-11-12-18-16-14-9-5-2-6-10-14/h1-10,15-16H,11-12H2. The second-order valence-electron chi connectivity index (χ2n) is 3.63. The Bertz CT molecular complexity index is 391. The van der Waals surface area contributed by atoms with E-state index in [0.717, 1.165) is 11.4 Å². The van der Waals surface area contributed by atoms with Crippen molar-refractivity contribution in [2.75, 3.05) is 24.2 Å². The maximum absolute atomic E-state index is 5.24. The highest BCUT2D eigenvalue weighted by molar-refractivity contribution is 5.40. The lowest BCUT2D eigenvalue weighted by molar-refractivity contribution is 0.0992. The second-order valence-corrected chi connectivity index (χ2v) is 3.63. The van der Waals surface area contributed by atoms with Gasteiger partial charge in [0, 0.05) is 0 Å². The molecule has 4 nitrogen and oxygen atoms in total. The van der Waals surface area contributed by atoms with Gasteiger partial charge in [-0.1, -0.05) is 36.4 Å². The quantitative estimate of drug-likeness (QED) is 0.580. The molecule has 0 aliphatic heterocycles. The lowest BCUT2D eigenvalue weighted by Gasteiger charge is -2.08. The summed E-state index contributed by atoms with van der Waals surface area (Å²) in [6, 6.07) is 19.4. The molecule has 94 valence electrons. The van der Waals surface area contributed by atoms with E-state index in [4.69, 9.17) is 9.68 Å². The molecule has 0 unspecified atom stereocenters. The molecule has 0 radical (unpaired) electrons. The molecule has 0 spiro atoms. The molecule has 0 aliphatic carbocycles. The van der Waals surface area contributed by atoms with Crippen LogP contribution in [0.4, 0.5) is 11.4 Å². The first-order valence-electron chi connectivity index (χ1n) is 5.81. The summed E-state index contributed by atoms with van der Waals surface area (Å²) in [5.74, 6) is 0. The summed E-state index contributed by atoms with van der Waals surface area (Å²) >= 11 is 0. The van der Waals surface area contributed by atoms with Crippen LogP contribution in [0.3, 0.4) is 0 Å². The van der Waals surface area contributed by atoms with Crippen molar-refractivity contribution in [2.24, 2.45) is 0 Å². The minimum absolute atomic E-state index is 0.453. The van der Waals surface area contributed by atoms with Gasteiger partial charge in [-0.25, -0.2) is 0 Å². The van der Waals surface area contributed by atoms with Crippen LogP contribution in [0.15, 0.2) is 60.7 Å². The molecular weight excluding hydrogens is 228 g/mol. The molecule has 0 atom stereocenters. The lowest BCUT2D eigenvalue weighted by atomic mass is 10.3. The average Bonchev–Trinajstić information content (AvgIpc) is 2.45. The molecule has 0 aromatic heterocycles. The Morgan fingerprint density at radius 2 is 1.00 bits per heavy atom. The lowest BCUT2D eigenvalue weighted by Crippen LogP contribution is -2.11. The van der Waals surface area contributed by atoms with Crippen molar-refractivity contribution in [2.45, 2.75) is 0 Å². The Balaban J connectivity index is 1.54. The van der Waals surface area contributed by atoms with Gasteiger partial charge >= 0.3 is 0 Å². The molecule has 0 aliphatic rings. The van der Waals surface area contributed by atoms with Crippen LogP contribution in [-0.2, 0) is 9.68 Å². The molecule has 0 saturated heterocycles. The Morgan fingerprint density at radius 1 is 0.611 bits per heavy atom. The molecule has 18 heavy (non-hydrogen) atoms. The first-order valence-corrected chi connectivity index (χ1v) is 5.81. The van der Waals surface area contributed by atoms with E-state index in [0.29, 0.717) is 13.2 Å². The van der Waals surface area contributed by atoms with Gasteiger partial charge in [0.05, 0.1) is 11.4 Å². The van der Waals surface area contributed by atoms with Crippen molar-refractivity contribution in [1.82, 2.24) is 0 Å². The van der Waals surface area contributed by atoms with Crippen LogP contribution in [0.5, 0.6) is 0 Å². The minimum atomic E-state index is 0.453. The summed E-state index contributed by atoms with van der Waals surface area (Å²) < 4.78 is 0. The van der Waals surface area contributed by atoms with E-state index in [9.17, 15) is 0 Å². The van der Waals surface area contributed by atoms with Gasteiger partial charge in [0.15, 0.2) is 0 Å². The van der Waals surface area contributed by atoms with Crippen molar-refractivity contribution >= 4 is 11.4 Å². The Kier molecular flexibility index (Phi) is 5.05. The molecule has 0 heterocycles. The normalized spacial score (nSPS) is 10.0. The van der Waals surface area contributed by atoms with Crippen LogP contribution >= 0.6 is 0 Å². The molecule has 4 heteroatoms. The zero-order valence-electron chi connectivity index (χ0n) is 10.0. The maximum atomic E-state index is 5.24. The van der Waals surface area contributed by atoms with Crippen LogP contribution in [-0.4, -0.2) is 13.2 Å². The van der Waals surface area contributed by atoms with Crippen molar-refractivity contribution < 1.29 is 9.68 Å². The van der Waals surface area contributed by atoms with E-state index >= 15 is 0 Å². The number of rotatable bonds is 7. The average molecular weight is 244 g/mol. The van der Waals surface area contributed by atoms with E-state index in [2.05, 4.69) is 11.0 Å². The third-order valence-corrected chi connectivity index (χ3v) is 2.22. The highest BCUT2D eigenvalue weighted by Gasteiger charge is 1.92. The van der Waals surface area contributed by atoms with Gasteiger partial charge in [-0.3, -0.25) is 20.6 Å². The molecular formula is C14H16N2O2. The van der Waals surface area contributed by atoms with Crippen molar-refractivity contribution in [3.8, 4) is 0 Å². The smallest absolute Gasteiger partial charge is 0.101 e. The van der Waals surface area contributed by atoms with Crippen LogP contribution in [0.1, 0.15) is 0 Å². The van der Waals surface area contributed by atoms with Gasteiger partial charge in [-0.2, -0.15) is 0 Å². The third-order valence-electron chi connectivity index (χ3n) is 2.22. The van der Waals surface area contributed by atoms with Gasteiger partial charge in [0.25, 0.3) is 0 Å². The SMILES string of the molecule is c1ccc(NOCCONc2ccccc2)cc1. The summed E-state index contributed by atoms with van der Waals surface area (Å²) in [5.41, 5.74) is 7.52. The molecule has 2 rings (SSSR count). The topological polar surface area (TPSA) is 42.5 Å². The molecule has 0 amide bonds. The van der Waals surface area contributed by atoms with E-state index in [1.807, 2.05) is 60.7 Å². The maximum Gasteiger partial charge on any atom is 0.101 e. The van der Waals surface area contributed by atoms with Gasteiger partial charge < -0.3 is 0 Å². The van der Waals surface area contributed by atoms with Crippen LogP contribution < -0.4 is 11.0 Å². The fourth-order valence-electron chi connectivity index (χ4n) is 1.36. The van der Waals surface area contributed by atoms with E-state index in [-0.39, 0.29) is 0 Å². The zero-order chi connectivity index (χ0) is 12.5. The number of para-hydroxylation sites is 2. The van der Waals surface area contributed by atoms with Crippen molar-refractivity contribution in [1.29, 1.82) is 0 Å². The molecule has 2 aromatic carbocycles. The summed E-state index contributed by atoms with van der Waals surface area (Å²) in [6.45, 7) is 0.906. The molecule has 2 N–H and O–H groups in total. The largest absolute Gasteiger partial charge is 0.274 e. The summed E-state index contributed by atoms with van der Waals surface area (Å²) in [4.78, 5) is 10.5. The predicted molar refractivity (Wildman–Crippen MR) is 72.0 cm³/mol.